The summed E-state index contributed by atoms with van der Waals surface area (Å²) in [4.78, 5) is 2.49. The molecule has 0 fully saturated rings. The van der Waals surface area contributed by atoms with Gasteiger partial charge in [0.25, 0.3) is 0 Å². The van der Waals surface area contributed by atoms with Crippen LogP contribution in [0.1, 0.15) is 96.8 Å². The lowest BCUT2D eigenvalue weighted by atomic mass is 10.0. The lowest BCUT2D eigenvalue weighted by Crippen LogP contribution is -2.33. The quantitative estimate of drug-likeness (QED) is 0.157. The van der Waals surface area contributed by atoms with Gasteiger partial charge in [0.15, 0.2) is 0 Å². The summed E-state index contributed by atoms with van der Waals surface area (Å²) >= 11 is 0. The number of rotatable bonds is 17. The minimum Gasteiger partial charge on any atom is -0.726 e. The molecule has 0 bridgehead atoms. The number of amidine groups is 1. The van der Waals surface area contributed by atoms with Crippen LogP contribution < -0.4 is 5.73 Å². The maximum absolute atomic E-state index is 9.22. The van der Waals surface area contributed by atoms with Crippen LogP contribution in [0.4, 0.5) is 0 Å². The summed E-state index contributed by atoms with van der Waals surface area (Å²) in [5.74, 6) is 1.53. The number of likely N-dealkylation sites (N-methyl/N-ethyl adjacent to an activating group) is 1. The highest BCUT2D eigenvalue weighted by atomic mass is 32.3. The fourth-order valence-corrected chi connectivity index (χ4v) is 3.82. The zero-order valence-corrected chi connectivity index (χ0v) is 20.6. The topological polar surface area (TPSA) is 98.7 Å². The number of unbranched alkanes of at least 4 members (excludes halogenated alkanes) is 12. The van der Waals surface area contributed by atoms with Crippen LogP contribution in [0.3, 0.4) is 0 Å². The Balaban J connectivity index is 0.00000122. The van der Waals surface area contributed by atoms with E-state index < -0.39 is 10.4 Å². The monoisotopic (exact) mass is 449 g/mol. The van der Waals surface area contributed by atoms with Crippen LogP contribution in [-0.2, 0) is 14.6 Å². The minimum atomic E-state index is -4.41. The van der Waals surface area contributed by atoms with Crippen LogP contribution in [0.5, 0.6) is 0 Å². The molecule has 8 heteroatoms. The molecule has 30 heavy (non-hydrogen) atoms. The van der Waals surface area contributed by atoms with Crippen molar-refractivity contribution in [2.75, 3.05) is 40.3 Å². The summed E-state index contributed by atoms with van der Waals surface area (Å²) in [5, 5.41) is 0. The summed E-state index contributed by atoms with van der Waals surface area (Å²) < 4.78 is 33.4. The molecule has 0 amide bonds. The van der Waals surface area contributed by atoms with Gasteiger partial charge in [-0.1, -0.05) is 84.0 Å². The standard InChI is InChI=1S/C21H44N3.CH4O4S/c1-3-4-5-6-7-8-9-10-11-12-13-14-15-16-21-23(2)19-20-24(21)18-17-22;1-5-6(2,3)4/h3-20,22H2,1-2H3;1H3,(H,2,3,4)/q+1;/p-1. The molecular weight excluding hydrogens is 402 g/mol. The number of hydrogen-bond acceptors (Lipinski definition) is 6. The predicted octanol–water partition coefficient (Wildman–Crippen LogP) is 3.88. The van der Waals surface area contributed by atoms with Crippen LogP contribution in [-0.4, -0.2) is 68.6 Å². The van der Waals surface area contributed by atoms with Gasteiger partial charge in [0.05, 0.1) is 20.7 Å². The Morgan fingerprint density at radius 1 is 0.967 bits per heavy atom. The van der Waals surface area contributed by atoms with Crippen molar-refractivity contribution in [3.8, 4) is 0 Å². The molecule has 180 valence electrons. The van der Waals surface area contributed by atoms with Gasteiger partial charge in [-0.05, 0) is 6.42 Å². The summed E-state index contributed by atoms with van der Waals surface area (Å²) in [7, 11) is -1.37. The maximum atomic E-state index is 9.22. The Hall–Kier alpha value is -0.700. The van der Waals surface area contributed by atoms with E-state index in [1.54, 1.807) is 0 Å². The fraction of sp³-hybridized carbons (Fsp3) is 0.955. The SMILES string of the molecule is CCCCCCCCCCCCCCCC1=[N+](C)CCN1CCN.COS(=O)(=O)[O-]. The third-order valence-corrected chi connectivity index (χ3v) is 6.03. The Morgan fingerprint density at radius 2 is 1.40 bits per heavy atom. The smallest absolute Gasteiger partial charge is 0.246 e. The average Bonchev–Trinajstić information content (AvgIpc) is 3.05. The third-order valence-electron chi connectivity index (χ3n) is 5.62. The van der Waals surface area contributed by atoms with Gasteiger partial charge in [0.1, 0.15) is 13.1 Å². The third kappa shape index (κ3) is 17.0. The van der Waals surface area contributed by atoms with E-state index in [-0.39, 0.29) is 0 Å². The molecule has 0 aliphatic carbocycles. The predicted molar refractivity (Wildman–Crippen MR) is 124 cm³/mol. The highest BCUT2D eigenvalue weighted by Crippen LogP contribution is 2.14. The van der Waals surface area contributed by atoms with Gasteiger partial charge in [0.2, 0.25) is 16.2 Å². The zero-order chi connectivity index (χ0) is 22.7. The molecule has 0 saturated carbocycles. The molecule has 0 radical (unpaired) electrons. The first kappa shape index (κ1) is 29.3. The highest BCUT2D eigenvalue weighted by molar-refractivity contribution is 7.80. The average molecular weight is 450 g/mol. The van der Waals surface area contributed by atoms with Crippen molar-refractivity contribution in [3.63, 3.8) is 0 Å². The maximum Gasteiger partial charge on any atom is 0.246 e. The Kier molecular flexibility index (Phi) is 18.6. The molecule has 0 saturated heterocycles. The van der Waals surface area contributed by atoms with Crippen molar-refractivity contribution in [1.29, 1.82) is 0 Å². The van der Waals surface area contributed by atoms with Crippen LogP contribution in [0, 0.1) is 0 Å². The lowest BCUT2D eigenvalue weighted by Gasteiger charge is -2.12. The number of nitrogens with zero attached hydrogens (tertiary/aromatic N) is 2. The van der Waals surface area contributed by atoms with Gasteiger partial charge >= 0.3 is 0 Å². The van der Waals surface area contributed by atoms with Crippen molar-refractivity contribution >= 4 is 16.2 Å². The van der Waals surface area contributed by atoms with Gasteiger partial charge in [-0.25, -0.2) is 8.42 Å². The molecule has 7 nitrogen and oxygen atoms in total. The Morgan fingerprint density at radius 3 is 1.80 bits per heavy atom. The first-order valence-electron chi connectivity index (χ1n) is 11.9. The first-order chi connectivity index (χ1) is 14.4. The van der Waals surface area contributed by atoms with Crippen LogP contribution in [0.15, 0.2) is 0 Å². The van der Waals surface area contributed by atoms with E-state index in [2.05, 4.69) is 27.6 Å². The van der Waals surface area contributed by atoms with E-state index in [1.807, 2.05) is 0 Å². The van der Waals surface area contributed by atoms with Crippen LogP contribution >= 0.6 is 0 Å². The fourth-order valence-electron chi connectivity index (χ4n) is 3.82. The normalized spacial score (nSPS) is 14.2. The second-order valence-electron chi connectivity index (χ2n) is 8.18. The number of nitrogens with two attached hydrogens (primary N) is 1. The highest BCUT2D eigenvalue weighted by Gasteiger charge is 2.26. The molecular formula is C22H47N3O4S. The van der Waals surface area contributed by atoms with Crippen molar-refractivity contribution < 1.29 is 21.7 Å². The largest absolute Gasteiger partial charge is 0.726 e. The molecule has 0 aromatic rings. The molecule has 2 N–H and O–H groups in total. The minimum absolute atomic E-state index is 0.774. The molecule has 1 rings (SSSR count). The van der Waals surface area contributed by atoms with Crippen molar-refractivity contribution in [3.05, 3.63) is 0 Å². The van der Waals surface area contributed by atoms with Crippen molar-refractivity contribution in [2.24, 2.45) is 5.73 Å². The van der Waals surface area contributed by atoms with E-state index in [1.165, 1.54) is 109 Å². The Labute approximate surface area is 186 Å². The summed E-state index contributed by atoms with van der Waals surface area (Å²) in [6.07, 6.45) is 19.8. The molecule has 1 heterocycles. The van der Waals surface area contributed by atoms with Gasteiger partial charge in [-0.15, -0.1) is 0 Å². The molecule has 1 aliphatic rings. The van der Waals surface area contributed by atoms with Gasteiger partial charge in [-0.3, -0.25) is 13.7 Å². The lowest BCUT2D eigenvalue weighted by molar-refractivity contribution is -0.487. The molecule has 1 aliphatic heterocycles. The van der Waals surface area contributed by atoms with Crippen LogP contribution in [0.25, 0.3) is 0 Å². The van der Waals surface area contributed by atoms with E-state index in [0.29, 0.717) is 0 Å². The van der Waals surface area contributed by atoms with Gasteiger partial charge in [0, 0.05) is 13.0 Å². The molecule has 0 unspecified atom stereocenters. The van der Waals surface area contributed by atoms with E-state index >= 15 is 0 Å². The molecule has 0 spiro atoms. The summed E-state index contributed by atoms with van der Waals surface area (Å²) in [6, 6.07) is 0. The van der Waals surface area contributed by atoms with Crippen LogP contribution in [0.2, 0.25) is 0 Å². The molecule has 0 aromatic carbocycles. The van der Waals surface area contributed by atoms with Crippen molar-refractivity contribution in [1.82, 2.24) is 4.90 Å². The molecule has 0 atom stereocenters. The first-order valence-corrected chi connectivity index (χ1v) is 13.2. The zero-order valence-electron chi connectivity index (χ0n) is 19.7. The summed E-state index contributed by atoms with van der Waals surface area (Å²) in [6.45, 7) is 6.43. The van der Waals surface area contributed by atoms with Gasteiger partial charge in [-0.2, -0.15) is 0 Å². The van der Waals surface area contributed by atoms with Crippen molar-refractivity contribution in [2.45, 2.75) is 96.8 Å². The second kappa shape index (κ2) is 19.0. The summed E-state index contributed by atoms with van der Waals surface area (Å²) in [5.41, 5.74) is 5.72. The van der Waals surface area contributed by atoms with E-state index in [0.717, 1.165) is 20.2 Å². The van der Waals surface area contributed by atoms with E-state index in [4.69, 9.17) is 5.73 Å². The van der Waals surface area contributed by atoms with E-state index in [9.17, 15) is 13.0 Å². The van der Waals surface area contributed by atoms with Gasteiger partial charge < -0.3 is 10.3 Å². The molecule has 0 aromatic heterocycles. The number of hydrogen-bond donors (Lipinski definition) is 1. The Bertz CT molecular complexity index is 539. The second-order valence-corrected chi connectivity index (χ2v) is 9.33.